The molecule has 0 amide bonds. The van der Waals surface area contributed by atoms with Crippen LogP contribution in [0.4, 0.5) is 4.39 Å². The summed E-state index contributed by atoms with van der Waals surface area (Å²) in [5.41, 5.74) is 3.81. The Morgan fingerprint density at radius 3 is 2.74 bits per heavy atom. The molecule has 1 atom stereocenters. The number of hydrogen-bond acceptors (Lipinski definition) is 2. The van der Waals surface area contributed by atoms with Gasteiger partial charge in [-0.1, -0.05) is 30.2 Å². The van der Waals surface area contributed by atoms with Crippen molar-refractivity contribution in [3.63, 3.8) is 0 Å². The molecule has 0 aliphatic heterocycles. The lowest BCUT2D eigenvalue weighted by Gasteiger charge is -2.08. The highest BCUT2D eigenvalue weighted by Gasteiger charge is 2.08. The van der Waals surface area contributed by atoms with Gasteiger partial charge >= 0.3 is 0 Å². The highest BCUT2D eigenvalue weighted by molar-refractivity contribution is 5.84. The molecule has 1 heterocycles. The lowest BCUT2D eigenvalue weighted by atomic mass is 10.0. The van der Waals surface area contributed by atoms with Gasteiger partial charge in [0, 0.05) is 23.1 Å². The predicted octanol–water partition coefficient (Wildman–Crippen LogP) is 3.89. The first-order valence-electron chi connectivity index (χ1n) is 7.37. The Labute approximate surface area is 134 Å². The quantitative estimate of drug-likeness (QED) is 0.745. The molecule has 114 valence electrons. The number of pyridine rings is 1. The average Bonchev–Trinajstić information content (AvgIpc) is 2.54. The number of terminal acetylenes is 1. The number of hydrogen-bond donors (Lipinski definition) is 1. The zero-order chi connectivity index (χ0) is 16.4. The van der Waals surface area contributed by atoms with Crippen LogP contribution < -0.4 is 0 Å². The summed E-state index contributed by atoms with van der Waals surface area (Å²) in [6.45, 7) is 1.86. The molecule has 0 aliphatic rings. The molecule has 2 aromatic carbocycles. The average molecular weight is 305 g/mol. The fourth-order valence-corrected chi connectivity index (χ4v) is 2.56. The summed E-state index contributed by atoms with van der Waals surface area (Å²) >= 11 is 0. The third kappa shape index (κ3) is 3.23. The van der Waals surface area contributed by atoms with Crippen LogP contribution in [-0.2, 0) is 6.42 Å². The fourth-order valence-electron chi connectivity index (χ4n) is 2.56. The van der Waals surface area contributed by atoms with Gasteiger partial charge in [0.25, 0.3) is 0 Å². The standard InChI is InChI=1S/C20H16FNO/c1-3-17(23)12-16-7-5-15-11-14(6-9-20(15)22-16)18-8-4-13(2)10-19(18)21/h1,4-11,17,23H,12H2,2H3. The minimum absolute atomic E-state index is 0.230. The van der Waals surface area contributed by atoms with Crippen molar-refractivity contribution in [1.82, 2.24) is 4.98 Å². The van der Waals surface area contributed by atoms with E-state index in [0.29, 0.717) is 12.0 Å². The Balaban J connectivity index is 2.00. The molecule has 0 bridgehead atoms. The Bertz CT molecular complexity index is 911. The molecule has 3 aromatic rings. The molecule has 1 N–H and O–H groups in total. The molecule has 23 heavy (non-hydrogen) atoms. The van der Waals surface area contributed by atoms with E-state index in [4.69, 9.17) is 6.42 Å². The number of fused-ring (bicyclic) bond motifs is 1. The van der Waals surface area contributed by atoms with Crippen molar-refractivity contribution in [2.24, 2.45) is 0 Å². The van der Waals surface area contributed by atoms with Gasteiger partial charge in [0.05, 0.1) is 5.52 Å². The molecular formula is C20H16FNO. The molecule has 3 rings (SSSR count). The first-order valence-corrected chi connectivity index (χ1v) is 7.37. The van der Waals surface area contributed by atoms with E-state index in [2.05, 4.69) is 10.9 Å². The Morgan fingerprint density at radius 1 is 1.17 bits per heavy atom. The minimum Gasteiger partial charge on any atom is -0.380 e. The van der Waals surface area contributed by atoms with E-state index in [1.165, 1.54) is 6.07 Å². The zero-order valence-corrected chi connectivity index (χ0v) is 12.8. The molecule has 2 nitrogen and oxygen atoms in total. The third-order valence-electron chi connectivity index (χ3n) is 3.78. The second-order valence-corrected chi connectivity index (χ2v) is 5.58. The molecule has 0 aliphatic carbocycles. The van der Waals surface area contributed by atoms with Crippen LogP contribution in [0.15, 0.2) is 48.5 Å². The molecule has 0 radical (unpaired) electrons. The van der Waals surface area contributed by atoms with Crippen molar-refractivity contribution >= 4 is 10.9 Å². The van der Waals surface area contributed by atoms with Crippen LogP contribution in [0.25, 0.3) is 22.0 Å². The number of aryl methyl sites for hydroxylation is 1. The summed E-state index contributed by atoms with van der Waals surface area (Å²) in [4.78, 5) is 4.49. The van der Waals surface area contributed by atoms with E-state index >= 15 is 0 Å². The monoisotopic (exact) mass is 305 g/mol. The molecule has 0 spiro atoms. The summed E-state index contributed by atoms with van der Waals surface area (Å²) in [5.74, 6) is 2.05. The highest BCUT2D eigenvalue weighted by Crippen LogP contribution is 2.27. The van der Waals surface area contributed by atoms with Crippen molar-refractivity contribution in [3.8, 4) is 23.5 Å². The van der Waals surface area contributed by atoms with Crippen LogP contribution in [0.5, 0.6) is 0 Å². The summed E-state index contributed by atoms with van der Waals surface area (Å²) in [6, 6.07) is 14.6. The molecule has 0 saturated heterocycles. The second kappa shape index (κ2) is 6.20. The van der Waals surface area contributed by atoms with Crippen molar-refractivity contribution in [2.75, 3.05) is 0 Å². The molecular weight excluding hydrogens is 289 g/mol. The van der Waals surface area contributed by atoms with E-state index in [1.54, 1.807) is 6.07 Å². The van der Waals surface area contributed by atoms with Gasteiger partial charge in [0.1, 0.15) is 11.9 Å². The SMILES string of the molecule is C#CC(O)Cc1ccc2cc(-c3ccc(C)cc3F)ccc2n1. The Kier molecular flexibility index (Phi) is 4.10. The highest BCUT2D eigenvalue weighted by atomic mass is 19.1. The van der Waals surface area contributed by atoms with Crippen molar-refractivity contribution in [1.29, 1.82) is 0 Å². The van der Waals surface area contributed by atoms with Crippen LogP contribution >= 0.6 is 0 Å². The van der Waals surface area contributed by atoms with Gasteiger partial charge in [-0.25, -0.2) is 4.39 Å². The number of nitrogens with zero attached hydrogens (tertiary/aromatic N) is 1. The predicted molar refractivity (Wildman–Crippen MR) is 90.4 cm³/mol. The van der Waals surface area contributed by atoms with Gasteiger partial charge in [0.15, 0.2) is 0 Å². The van der Waals surface area contributed by atoms with E-state index < -0.39 is 6.10 Å². The molecule has 0 saturated carbocycles. The molecule has 3 heteroatoms. The summed E-state index contributed by atoms with van der Waals surface area (Å²) in [6.07, 6.45) is 4.67. The zero-order valence-electron chi connectivity index (χ0n) is 12.8. The Morgan fingerprint density at radius 2 is 2.00 bits per heavy atom. The minimum atomic E-state index is -0.833. The number of aromatic nitrogens is 1. The first-order chi connectivity index (χ1) is 11.1. The number of benzene rings is 2. The van der Waals surface area contributed by atoms with Gasteiger partial charge in [-0.15, -0.1) is 6.42 Å². The van der Waals surface area contributed by atoms with Gasteiger partial charge < -0.3 is 5.11 Å². The third-order valence-corrected chi connectivity index (χ3v) is 3.78. The van der Waals surface area contributed by atoms with E-state index in [0.717, 1.165) is 27.7 Å². The molecule has 1 unspecified atom stereocenters. The normalized spacial score (nSPS) is 12.1. The van der Waals surface area contributed by atoms with Gasteiger partial charge in [-0.2, -0.15) is 0 Å². The largest absolute Gasteiger partial charge is 0.380 e. The summed E-state index contributed by atoms with van der Waals surface area (Å²) in [5, 5.41) is 10.4. The van der Waals surface area contributed by atoms with Crippen molar-refractivity contribution < 1.29 is 9.50 Å². The number of aliphatic hydroxyl groups excluding tert-OH is 1. The smallest absolute Gasteiger partial charge is 0.131 e. The lowest BCUT2D eigenvalue weighted by Crippen LogP contribution is -2.08. The summed E-state index contributed by atoms with van der Waals surface area (Å²) < 4.78 is 14.1. The van der Waals surface area contributed by atoms with Gasteiger partial charge in [-0.05, 0) is 42.3 Å². The maximum absolute atomic E-state index is 14.1. The molecule has 1 aromatic heterocycles. The van der Waals surface area contributed by atoms with E-state index in [1.807, 2.05) is 43.3 Å². The van der Waals surface area contributed by atoms with Gasteiger partial charge in [0.2, 0.25) is 0 Å². The van der Waals surface area contributed by atoms with Crippen LogP contribution in [0.2, 0.25) is 0 Å². The van der Waals surface area contributed by atoms with Crippen LogP contribution in [0, 0.1) is 25.1 Å². The number of halogens is 1. The lowest BCUT2D eigenvalue weighted by molar-refractivity contribution is 0.232. The van der Waals surface area contributed by atoms with Gasteiger partial charge in [-0.3, -0.25) is 4.98 Å². The second-order valence-electron chi connectivity index (χ2n) is 5.58. The topological polar surface area (TPSA) is 33.1 Å². The van der Waals surface area contributed by atoms with E-state index in [9.17, 15) is 9.50 Å². The van der Waals surface area contributed by atoms with Crippen molar-refractivity contribution in [2.45, 2.75) is 19.4 Å². The maximum Gasteiger partial charge on any atom is 0.131 e. The van der Waals surface area contributed by atoms with Crippen LogP contribution in [0.1, 0.15) is 11.3 Å². The van der Waals surface area contributed by atoms with E-state index in [-0.39, 0.29) is 5.82 Å². The van der Waals surface area contributed by atoms with Crippen LogP contribution in [-0.4, -0.2) is 16.2 Å². The Hall–Kier alpha value is -2.70. The summed E-state index contributed by atoms with van der Waals surface area (Å²) in [7, 11) is 0. The number of aliphatic hydroxyl groups is 1. The molecule has 0 fully saturated rings. The van der Waals surface area contributed by atoms with Crippen LogP contribution in [0.3, 0.4) is 0 Å². The first kappa shape index (κ1) is 15.2. The number of rotatable bonds is 3. The maximum atomic E-state index is 14.1. The van der Waals surface area contributed by atoms with Crippen molar-refractivity contribution in [3.05, 3.63) is 65.6 Å². The fraction of sp³-hybridized carbons (Fsp3) is 0.150.